The van der Waals surface area contributed by atoms with E-state index in [1.165, 1.54) is 29.0 Å². The molecule has 4 aromatic rings. The molecule has 9 heteroatoms. The highest BCUT2D eigenvalue weighted by atomic mass is 35.5. The second-order valence-electron chi connectivity index (χ2n) is 7.12. The molecule has 0 saturated heterocycles. The van der Waals surface area contributed by atoms with Crippen molar-refractivity contribution >= 4 is 44.1 Å². The maximum atomic E-state index is 13.2. The van der Waals surface area contributed by atoms with Crippen LogP contribution in [0.15, 0.2) is 87.5 Å². The van der Waals surface area contributed by atoms with Gasteiger partial charge in [-0.1, -0.05) is 41.9 Å². The topological polar surface area (TPSA) is 98.1 Å². The highest BCUT2D eigenvalue weighted by Crippen LogP contribution is 2.22. The fraction of sp³-hybridized carbons (Fsp3) is 0.0870. The van der Waals surface area contributed by atoms with Crippen molar-refractivity contribution in [2.45, 2.75) is 23.3 Å². The summed E-state index contributed by atoms with van der Waals surface area (Å²) < 4.78 is 27.7. The molecule has 7 nitrogen and oxygen atoms in total. The maximum Gasteiger partial charge on any atom is 0.244 e. The van der Waals surface area contributed by atoms with E-state index in [9.17, 15) is 18.0 Å². The van der Waals surface area contributed by atoms with Crippen molar-refractivity contribution in [1.82, 2.24) is 9.55 Å². The number of fused-ring (bicyclic) bond motifs is 1. The molecule has 32 heavy (non-hydrogen) atoms. The van der Waals surface area contributed by atoms with E-state index >= 15 is 0 Å². The molecule has 162 valence electrons. The summed E-state index contributed by atoms with van der Waals surface area (Å²) >= 11 is 6.11. The lowest BCUT2D eigenvalue weighted by molar-refractivity contribution is -0.116. The first-order valence-corrected chi connectivity index (χ1v) is 11.5. The Morgan fingerprint density at radius 3 is 2.44 bits per heavy atom. The minimum Gasteiger partial charge on any atom is -0.323 e. The quantitative estimate of drug-likeness (QED) is 0.481. The maximum absolute atomic E-state index is 13.2. The summed E-state index contributed by atoms with van der Waals surface area (Å²) in [5.74, 6) is -0.450. The van der Waals surface area contributed by atoms with Gasteiger partial charge in [-0.3, -0.25) is 9.59 Å². The van der Waals surface area contributed by atoms with Crippen molar-refractivity contribution < 1.29 is 13.2 Å². The number of benzene rings is 2. The Balaban J connectivity index is 1.84. The van der Waals surface area contributed by atoms with Crippen LogP contribution in [0.4, 0.5) is 5.69 Å². The molecule has 0 aliphatic rings. The lowest BCUT2D eigenvalue weighted by atomic mass is 10.2. The monoisotopic (exact) mass is 467 g/mol. The van der Waals surface area contributed by atoms with Crippen molar-refractivity contribution in [1.29, 1.82) is 0 Å². The first-order chi connectivity index (χ1) is 15.3. The minimum atomic E-state index is -4.11. The SMILES string of the molecule is Cc1ccc2c(=O)c(S(=O)(=O)c3ccccc3)cn(CC(=O)Nc3ccccc3Cl)c2n1. The number of pyridine rings is 2. The van der Waals surface area contributed by atoms with Crippen LogP contribution < -0.4 is 10.7 Å². The predicted octanol–water partition coefficient (Wildman–Crippen LogP) is 3.83. The largest absolute Gasteiger partial charge is 0.323 e. The summed E-state index contributed by atoms with van der Waals surface area (Å²) in [5.41, 5.74) is 0.594. The molecule has 0 atom stereocenters. The van der Waals surface area contributed by atoms with Crippen molar-refractivity contribution in [3.8, 4) is 0 Å². The smallest absolute Gasteiger partial charge is 0.244 e. The Labute approximate surface area is 189 Å². The normalized spacial score (nSPS) is 11.4. The molecule has 2 heterocycles. The minimum absolute atomic E-state index is 0.0106. The van der Waals surface area contributed by atoms with Gasteiger partial charge in [-0.05, 0) is 43.3 Å². The molecule has 1 N–H and O–H groups in total. The van der Waals surface area contributed by atoms with Crippen LogP contribution in [-0.4, -0.2) is 23.9 Å². The van der Waals surface area contributed by atoms with Crippen LogP contribution in [0.1, 0.15) is 5.69 Å². The first kappa shape index (κ1) is 21.7. The molecule has 0 saturated carbocycles. The van der Waals surface area contributed by atoms with Gasteiger partial charge < -0.3 is 9.88 Å². The molecule has 2 aromatic heterocycles. The average Bonchev–Trinajstić information content (AvgIpc) is 2.77. The number of nitrogens with zero attached hydrogens (tertiary/aromatic N) is 2. The molecular formula is C23H18ClN3O4S. The first-order valence-electron chi connectivity index (χ1n) is 9.63. The summed E-state index contributed by atoms with van der Waals surface area (Å²) in [6.07, 6.45) is 1.17. The van der Waals surface area contributed by atoms with Gasteiger partial charge in [0, 0.05) is 11.9 Å². The number of nitrogens with one attached hydrogen (secondary N) is 1. The van der Waals surface area contributed by atoms with Crippen LogP contribution in [0.25, 0.3) is 11.0 Å². The van der Waals surface area contributed by atoms with E-state index in [-0.39, 0.29) is 22.5 Å². The molecule has 0 fully saturated rings. The highest BCUT2D eigenvalue weighted by Gasteiger charge is 2.24. The molecule has 0 aliphatic heterocycles. The van der Waals surface area contributed by atoms with Gasteiger partial charge in [0.1, 0.15) is 17.1 Å². The molecular weight excluding hydrogens is 450 g/mol. The van der Waals surface area contributed by atoms with Crippen LogP contribution in [-0.2, 0) is 21.2 Å². The predicted molar refractivity (Wildman–Crippen MR) is 123 cm³/mol. The summed E-state index contributed by atoms with van der Waals surface area (Å²) in [7, 11) is -4.11. The molecule has 0 unspecified atom stereocenters. The van der Waals surface area contributed by atoms with Crippen LogP contribution >= 0.6 is 11.6 Å². The van der Waals surface area contributed by atoms with Crippen molar-refractivity contribution in [3.63, 3.8) is 0 Å². The van der Waals surface area contributed by atoms with E-state index in [4.69, 9.17) is 11.6 Å². The number of carbonyl (C=O) groups is 1. The van der Waals surface area contributed by atoms with Crippen LogP contribution in [0.5, 0.6) is 0 Å². The fourth-order valence-electron chi connectivity index (χ4n) is 3.28. The number of amides is 1. The van der Waals surface area contributed by atoms with E-state index in [2.05, 4.69) is 10.3 Å². The Kier molecular flexibility index (Phi) is 5.82. The lowest BCUT2D eigenvalue weighted by Crippen LogP contribution is -2.24. The fourth-order valence-corrected chi connectivity index (χ4v) is 4.85. The lowest BCUT2D eigenvalue weighted by Gasteiger charge is -2.14. The third-order valence-corrected chi connectivity index (χ3v) is 6.93. The molecule has 2 aromatic carbocycles. The summed E-state index contributed by atoms with van der Waals surface area (Å²) in [6.45, 7) is 1.47. The number of halogens is 1. The number of aromatic nitrogens is 2. The number of aryl methyl sites for hydroxylation is 1. The molecule has 0 aliphatic carbocycles. The number of rotatable bonds is 5. The second kappa shape index (κ2) is 8.57. The number of para-hydroxylation sites is 1. The number of carbonyl (C=O) groups excluding carboxylic acids is 1. The summed E-state index contributed by atoms with van der Waals surface area (Å²) in [6, 6.07) is 17.6. The zero-order valence-electron chi connectivity index (χ0n) is 16.9. The Bertz CT molecular complexity index is 1500. The molecule has 4 rings (SSSR count). The molecule has 0 spiro atoms. The van der Waals surface area contributed by atoms with Gasteiger partial charge in [-0.15, -0.1) is 0 Å². The van der Waals surface area contributed by atoms with E-state index < -0.39 is 26.1 Å². The molecule has 1 amide bonds. The van der Waals surface area contributed by atoms with Gasteiger partial charge >= 0.3 is 0 Å². The van der Waals surface area contributed by atoms with Crippen LogP contribution in [0.2, 0.25) is 5.02 Å². The standard InChI is InChI=1S/C23H18ClN3O4S/c1-15-11-12-17-22(29)20(32(30,31)16-7-3-2-4-8-16)13-27(23(17)25-15)14-21(28)26-19-10-6-5-9-18(19)24/h2-13H,14H2,1H3,(H,26,28). The molecule has 0 radical (unpaired) electrons. The number of hydrogen-bond donors (Lipinski definition) is 1. The Hall–Kier alpha value is -3.49. The van der Waals surface area contributed by atoms with Crippen molar-refractivity contribution in [2.75, 3.05) is 5.32 Å². The zero-order valence-corrected chi connectivity index (χ0v) is 18.5. The van der Waals surface area contributed by atoms with E-state index in [1.807, 2.05) is 0 Å². The number of anilines is 1. The van der Waals surface area contributed by atoms with Gasteiger partial charge in [-0.25, -0.2) is 13.4 Å². The van der Waals surface area contributed by atoms with Gasteiger partial charge in [0.15, 0.2) is 0 Å². The van der Waals surface area contributed by atoms with Crippen LogP contribution in [0, 0.1) is 6.92 Å². The summed E-state index contributed by atoms with van der Waals surface area (Å²) in [5, 5.41) is 3.17. The molecule has 0 bridgehead atoms. The van der Waals surface area contributed by atoms with E-state index in [0.29, 0.717) is 16.4 Å². The number of sulfone groups is 1. The summed E-state index contributed by atoms with van der Waals surface area (Å²) in [4.78, 5) is 29.8. The van der Waals surface area contributed by atoms with Gasteiger partial charge in [0.2, 0.25) is 21.2 Å². The van der Waals surface area contributed by atoms with Crippen molar-refractivity contribution in [2.24, 2.45) is 0 Å². The third-order valence-electron chi connectivity index (χ3n) is 4.83. The van der Waals surface area contributed by atoms with Gasteiger partial charge in [0.25, 0.3) is 0 Å². The van der Waals surface area contributed by atoms with Crippen molar-refractivity contribution in [3.05, 3.63) is 93.9 Å². The Morgan fingerprint density at radius 1 is 1.03 bits per heavy atom. The number of hydrogen-bond acceptors (Lipinski definition) is 5. The van der Waals surface area contributed by atoms with Crippen LogP contribution in [0.3, 0.4) is 0 Å². The third kappa shape index (κ3) is 4.15. The highest BCUT2D eigenvalue weighted by molar-refractivity contribution is 7.91. The second-order valence-corrected chi connectivity index (χ2v) is 9.44. The van der Waals surface area contributed by atoms with E-state index in [0.717, 1.165) is 0 Å². The van der Waals surface area contributed by atoms with Gasteiger partial charge in [0.05, 0.1) is 21.0 Å². The zero-order chi connectivity index (χ0) is 22.9. The Morgan fingerprint density at radius 2 is 1.72 bits per heavy atom. The van der Waals surface area contributed by atoms with Gasteiger partial charge in [-0.2, -0.15) is 0 Å². The average molecular weight is 468 g/mol. The van der Waals surface area contributed by atoms with E-state index in [1.54, 1.807) is 55.5 Å².